The molecular formula is C20H27N3OS. The van der Waals surface area contributed by atoms with Crippen LogP contribution >= 0.6 is 11.3 Å². The molecule has 1 saturated heterocycles. The van der Waals surface area contributed by atoms with Crippen LogP contribution in [-0.2, 0) is 0 Å². The van der Waals surface area contributed by atoms with Crippen LogP contribution in [0.15, 0.2) is 30.3 Å². The van der Waals surface area contributed by atoms with E-state index in [2.05, 4.69) is 29.0 Å². The lowest BCUT2D eigenvalue weighted by molar-refractivity contribution is 0.0925. The molecular weight excluding hydrogens is 330 g/mol. The van der Waals surface area contributed by atoms with E-state index in [4.69, 9.17) is 0 Å². The highest BCUT2D eigenvalue weighted by atomic mass is 32.1. The van der Waals surface area contributed by atoms with Gasteiger partial charge >= 0.3 is 0 Å². The summed E-state index contributed by atoms with van der Waals surface area (Å²) in [7, 11) is 0. The number of likely N-dealkylation sites (tertiary alicyclic amines) is 1. The zero-order chi connectivity index (χ0) is 17.8. The van der Waals surface area contributed by atoms with Gasteiger partial charge in [0.2, 0.25) is 0 Å². The second kappa shape index (κ2) is 8.11. The molecule has 1 aromatic heterocycles. The van der Waals surface area contributed by atoms with Crippen LogP contribution in [0.1, 0.15) is 42.1 Å². The van der Waals surface area contributed by atoms with Crippen LogP contribution in [0.25, 0.3) is 10.6 Å². The van der Waals surface area contributed by atoms with Gasteiger partial charge < -0.3 is 5.32 Å². The van der Waals surface area contributed by atoms with Crippen molar-refractivity contribution in [2.24, 2.45) is 5.92 Å². The van der Waals surface area contributed by atoms with Crippen molar-refractivity contribution < 1.29 is 4.79 Å². The molecule has 134 valence electrons. The fraction of sp³-hybridized carbons (Fsp3) is 0.500. The van der Waals surface area contributed by atoms with E-state index in [-0.39, 0.29) is 5.91 Å². The lowest BCUT2D eigenvalue weighted by Gasteiger charge is -2.34. The number of carbonyl (C=O) groups excluding carboxylic acids is 1. The second-order valence-corrected chi connectivity index (χ2v) is 8.08. The van der Waals surface area contributed by atoms with E-state index in [1.165, 1.54) is 24.2 Å². The zero-order valence-electron chi connectivity index (χ0n) is 15.3. The molecule has 2 aromatic rings. The summed E-state index contributed by atoms with van der Waals surface area (Å²) in [6.07, 6.45) is 2.51. The Morgan fingerprint density at radius 3 is 2.68 bits per heavy atom. The van der Waals surface area contributed by atoms with E-state index in [1.54, 1.807) is 0 Å². The zero-order valence-corrected chi connectivity index (χ0v) is 16.1. The van der Waals surface area contributed by atoms with Gasteiger partial charge in [-0.25, -0.2) is 4.98 Å². The minimum Gasteiger partial charge on any atom is -0.350 e. The van der Waals surface area contributed by atoms with Crippen LogP contribution in [0.5, 0.6) is 0 Å². The summed E-state index contributed by atoms with van der Waals surface area (Å²) in [4.78, 5) is 20.4. The monoisotopic (exact) mass is 357 g/mol. The van der Waals surface area contributed by atoms with Gasteiger partial charge in [-0.15, -0.1) is 11.3 Å². The van der Waals surface area contributed by atoms with Crippen LogP contribution in [0.2, 0.25) is 0 Å². The Hall–Kier alpha value is -1.72. The molecule has 5 heteroatoms. The normalized spacial score (nSPS) is 17.4. The summed E-state index contributed by atoms with van der Waals surface area (Å²) in [5.74, 6) is 0.823. The average Bonchev–Trinajstić information content (AvgIpc) is 3.02. The number of hydrogen-bond acceptors (Lipinski definition) is 4. The Bertz CT molecular complexity index is 705. The number of amides is 1. The van der Waals surface area contributed by atoms with E-state index < -0.39 is 0 Å². The summed E-state index contributed by atoms with van der Waals surface area (Å²) < 4.78 is 0. The van der Waals surface area contributed by atoms with Gasteiger partial charge in [0.25, 0.3) is 5.91 Å². The van der Waals surface area contributed by atoms with Crippen molar-refractivity contribution in [1.82, 2.24) is 15.2 Å². The Morgan fingerprint density at radius 1 is 1.32 bits per heavy atom. The maximum Gasteiger partial charge on any atom is 0.263 e. The quantitative estimate of drug-likeness (QED) is 0.881. The molecule has 1 aliphatic rings. The first-order chi connectivity index (χ1) is 12.0. The summed E-state index contributed by atoms with van der Waals surface area (Å²) in [5, 5.41) is 4.01. The van der Waals surface area contributed by atoms with Gasteiger partial charge in [0, 0.05) is 18.2 Å². The van der Waals surface area contributed by atoms with Crippen molar-refractivity contribution in [3.05, 3.63) is 40.9 Å². The molecule has 1 fully saturated rings. The number of benzene rings is 1. The number of aryl methyl sites for hydroxylation is 1. The highest BCUT2D eigenvalue weighted by Gasteiger charge is 2.22. The first-order valence-corrected chi connectivity index (χ1v) is 9.91. The van der Waals surface area contributed by atoms with Gasteiger partial charge in [0.15, 0.2) is 0 Å². The van der Waals surface area contributed by atoms with E-state index in [9.17, 15) is 4.79 Å². The summed E-state index contributed by atoms with van der Waals surface area (Å²) in [6, 6.07) is 10.4. The first-order valence-electron chi connectivity index (χ1n) is 9.09. The number of aromatic nitrogens is 1. The van der Waals surface area contributed by atoms with Crippen LogP contribution in [0.3, 0.4) is 0 Å². The maximum atomic E-state index is 12.6. The molecule has 1 N–H and O–H groups in total. The molecule has 2 heterocycles. The lowest BCUT2D eigenvalue weighted by Crippen LogP contribution is -2.45. The van der Waals surface area contributed by atoms with Crippen LogP contribution in [0, 0.1) is 12.8 Å². The second-order valence-electron chi connectivity index (χ2n) is 7.08. The molecule has 0 spiro atoms. The molecule has 1 amide bonds. The number of nitrogens with one attached hydrogen (secondary N) is 1. The van der Waals surface area contributed by atoms with E-state index in [0.717, 1.165) is 40.1 Å². The molecule has 1 aromatic carbocycles. The molecule has 1 atom stereocenters. The Balaban J connectivity index is 1.59. The van der Waals surface area contributed by atoms with Gasteiger partial charge in [-0.3, -0.25) is 9.69 Å². The number of carbonyl (C=O) groups is 1. The molecule has 4 nitrogen and oxygen atoms in total. The molecule has 0 saturated carbocycles. The number of piperidine rings is 1. The predicted octanol–water partition coefficient (Wildman–Crippen LogP) is 3.97. The Labute approximate surface area is 154 Å². The highest BCUT2D eigenvalue weighted by molar-refractivity contribution is 7.17. The molecule has 0 bridgehead atoms. The van der Waals surface area contributed by atoms with Gasteiger partial charge in [-0.1, -0.05) is 37.3 Å². The van der Waals surface area contributed by atoms with Crippen LogP contribution in [0.4, 0.5) is 0 Å². The Kier molecular flexibility index (Phi) is 5.86. The fourth-order valence-corrected chi connectivity index (χ4v) is 4.22. The van der Waals surface area contributed by atoms with Crippen LogP contribution < -0.4 is 5.32 Å². The van der Waals surface area contributed by atoms with Crippen molar-refractivity contribution in [2.45, 2.75) is 39.7 Å². The number of rotatable bonds is 5. The van der Waals surface area contributed by atoms with Crippen molar-refractivity contribution >= 4 is 17.2 Å². The Morgan fingerprint density at radius 2 is 2.00 bits per heavy atom. The molecule has 1 unspecified atom stereocenters. The SMILES string of the molecule is Cc1nc(-c2ccccc2)sc1C(=O)NCC(C)N1CCC(C)CC1. The van der Waals surface area contributed by atoms with Gasteiger partial charge in [0.1, 0.15) is 9.88 Å². The summed E-state index contributed by atoms with van der Waals surface area (Å²) in [6.45, 7) is 9.39. The standard InChI is InChI=1S/C20H27N3OS/c1-14-9-11-23(12-10-14)15(2)13-21-19(24)18-16(3)22-20(25-18)17-7-5-4-6-8-17/h4-8,14-15H,9-13H2,1-3H3,(H,21,24). The van der Waals surface area contributed by atoms with Crippen molar-refractivity contribution in [2.75, 3.05) is 19.6 Å². The maximum absolute atomic E-state index is 12.6. The number of thiazole rings is 1. The highest BCUT2D eigenvalue weighted by Crippen LogP contribution is 2.27. The molecule has 0 radical (unpaired) electrons. The van der Waals surface area contributed by atoms with E-state index in [1.807, 2.05) is 37.3 Å². The minimum absolute atomic E-state index is 0.00518. The van der Waals surface area contributed by atoms with Crippen molar-refractivity contribution in [3.8, 4) is 10.6 Å². The molecule has 1 aliphatic heterocycles. The number of nitrogens with zero attached hydrogens (tertiary/aromatic N) is 2. The van der Waals surface area contributed by atoms with Crippen molar-refractivity contribution in [3.63, 3.8) is 0 Å². The fourth-order valence-electron chi connectivity index (χ4n) is 3.23. The van der Waals surface area contributed by atoms with E-state index in [0.29, 0.717) is 12.6 Å². The predicted molar refractivity (Wildman–Crippen MR) is 104 cm³/mol. The lowest BCUT2D eigenvalue weighted by atomic mass is 9.98. The van der Waals surface area contributed by atoms with Gasteiger partial charge in [-0.2, -0.15) is 0 Å². The summed E-state index contributed by atoms with van der Waals surface area (Å²) in [5.41, 5.74) is 1.87. The third-order valence-corrected chi connectivity index (χ3v) is 6.23. The average molecular weight is 358 g/mol. The van der Waals surface area contributed by atoms with E-state index >= 15 is 0 Å². The number of hydrogen-bond donors (Lipinski definition) is 1. The third-order valence-electron chi connectivity index (χ3n) is 5.02. The van der Waals surface area contributed by atoms with Crippen molar-refractivity contribution in [1.29, 1.82) is 0 Å². The van der Waals surface area contributed by atoms with Crippen LogP contribution in [-0.4, -0.2) is 41.5 Å². The van der Waals surface area contributed by atoms with Gasteiger partial charge in [0.05, 0.1) is 5.69 Å². The summed E-state index contributed by atoms with van der Waals surface area (Å²) >= 11 is 1.47. The minimum atomic E-state index is -0.00518. The molecule has 25 heavy (non-hydrogen) atoms. The first kappa shape index (κ1) is 18.1. The van der Waals surface area contributed by atoms with Gasteiger partial charge in [-0.05, 0) is 45.7 Å². The molecule has 3 rings (SSSR count). The third kappa shape index (κ3) is 4.47. The largest absolute Gasteiger partial charge is 0.350 e. The topological polar surface area (TPSA) is 45.2 Å². The smallest absolute Gasteiger partial charge is 0.263 e. The molecule has 0 aliphatic carbocycles.